The summed E-state index contributed by atoms with van der Waals surface area (Å²) in [6.07, 6.45) is 4.90. The minimum absolute atomic E-state index is 0.718. The first-order valence-corrected chi connectivity index (χ1v) is 6.41. The molecule has 0 radical (unpaired) electrons. The van der Waals surface area contributed by atoms with Crippen LogP contribution in [-0.4, -0.2) is 19.2 Å². The van der Waals surface area contributed by atoms with E-state index in [4.69, 9.17) is 4.74 Å². The van der Waals surface area contributed by atoms with Crippen LogP contribution in [0.5, 0.6) is 5.75 Å². The van der Waals surface area contributed by atoms with E-state index in [-0.39, 0.29) is 0 Å². The third kappa shape index (κ3) is 4.23. The van der Waals surface area contributed by atoms with Crippen molar-refractivity contribution >= 4 is 6.08 Å². The average Bonchev–Trinajstić information content (AvgIpc) is 3.11. The monoisotopic (exact) mass is 231 g/mol. The van der Waals surface area contributed by atoms with Gasteiger partial charge in [-0.25, -0.2) is 0 Å². The Bertz CT molecular complexity index is 394. The highest BCUT2D eigenvalue weighted by molar-refractivity contribution is 5.54. The Labute approximate surface area is 104 Å². The highest BCUT2D eigenvalue weighted by Gasteiger charge is 2.19. The van der Waals surface area contributed by atoms with Gasteiger partial charge in [0.15, 0.2) is 0 Å². The van der Waals surface area contributed by atoms with Crippen LogP contribution in [0, 0.1) is 0 Å². The smallest absolute Gasteiger partial charge is 0.119 e. The maximum Gasteiger partial charge on any atom is 0.119 e. The molecule has 1 aliphatic carbocycles. The fraction of sp³-hybridized carbons (Fsp3) is 0.467. The molecule has 1 fully saturated rings. The van der Waals surface area contributed by atoms with Crippen LogP contribution in [0.2, 0.25) is 0 Å². The van der Waals surface area contributed by atoms with E-state index in [1.165, 1.54) is 24.0 Å². The van der Waals surface area contributed by atoms with E-state index in [0.717, 1.165) is 24.9 Å². The zero-order valence-electron chi connectivity index (χ0n) is 10.7. The number of benzene rings is 1. The van der Waals surface area contributed by atoms with Gasteiger partial charge >= 0.3 is 0 Å². The molecule has 2 heteroatoms. The van der Waals surface area contributed by atoms with Crippen molar-refractivity contribution in [3.8, 4) is 5.75 Å². The highest BCUT2D eigenvalue weighted by atomic mass is 16.5. The Balaban J connectivity index is 1.94. The van der Waals surface area contributed by atoms with Gasteiger partial charge in [0, 0.05) is 12.6 Å². The molecule has 0 atom stereocenters. The Morgan fingerprint density at radius 3 is 3.00 bits per heavy atom. The molecule has 17 heavy (non-hydrogen) atoms. The number of ether oxygens (including phenoxy) is 1. The molecule has 0 spiro atoms. The van der Waals surface area contributed by atoms with E-state index in [9.17, 15) is 0 Å². The number of hydrogen-bond acceptors (Lipinski definition) is 2. The van der Waals surface area contributed by atoms with Crippen LogP contribution in [0.3, 0.4) is 0 Å². The van der Waals surface area contributed by atoms with Crippen LogP contribution in [0.25, 0.3) is 6.08 Å². The molecular weight excluding hydrogens is 210 g/mol. The minimum atomic E-state index is 0.718. The van der Waals surface area contributed by atoms with Gasteiger partial charge in [-0.2, -0.15) is 0 Å². The van der Waals surface area contributed by atoms with Gasteiger partial charge in [0.1, 0.15) is 5.75 Å². The molecule has 0 aromatic heterocycles. The molecular formula is C15H21NO. The topological polar surface area (TPSA) is 21.3 Å². The largest absolute Gasteiger partial charge is 0.494 e. The molecule has 0 amide bonds. The summed E-state index contributed by atoms with van der Waals surface area (Å²) < 4.78 is 5.49. The normalized spacial score (nSPS) is 16.0. The third-order valence-electron chi connectivity index (χ3n) is 2.83. The molecule has 2 rings (SSSR count). The lowest BCUT2D eigenvalue weighted by atomic mass is 10.1. The lowest BCUT2D eigenvalue weighted by molar-refractivity contribution is 0.340. The van der Waals surface area contributed by atoms with Crippen molar-refractivity contribution in [1.29, 1.82) is 0 Å². The quantitative estimate of drug-likeness (QED) is 0.811. The van der Waals surface area contributed by atoms with Crippen LogP contribution in [0.4, 0.5) is 0 Å². The molecule has 1 aromatic rings. The lowest BCUT2D eigenvalue weighted by Gasteiger charge is -2.05. The van der Waals surface area contributed by atoms with Gasteiger partial charge in [-0.05, 0) is 44.4 Å². The number of hydrogen-bond donors (Lipinski definition) is 1. The van der Waals surface area contributed by atoms with Crippen molar-refractivity contribution in [2.45, 2.75) is 32.7 Å². The predicted octanol–water partition coefficient (Wildman–Crippen LogP) is 3.24. The lowest BCUT2D eigenvalue weighted by Crippen LogP contribution is -2.18. The number of rotatable bonds is 6. The average molecular weight is 231 g/mol. The van der Waals surface area contributed by atoms with Crippen molar-refractivity contribution in [2.24, 2.45) is 0 Å². The Hall–Kier alpha value is -1.28. The summed E-state index contributed by atoms with van der Waals surface area (Å²) in [5.74, 6) is 0.948. The molecule has 0 saturated heterocycles. The SMILES string of the molecule is CCOc1cccc(C=C(C)CNC2CC2)c1. The van der Waals surface area contributed by atoms with Gasteiger partial charge < -0.3 is 10.1 Å². The van der Waals surface area contributed by atoms with E-state index in [1.807, 2.05) is 19.1 Å². The van der Waals surface area contributed by atoms with Crippen molar-refractivity contribution in [3.05, 3.63) is 35.4 Å². The summed E-state index contributed by atoms with van der Waals surface area (Å²) >= 11 is 0. The van der Waals surface area contributed by atoms with Crippen LogP contribution in [-0.2, 0) is 0 Å². The Morgan fingerprint density at radius 1 is 1.47 bits per heavy atom. The summed E-state index contributed by atoms with van der Waals surface area (Å²) in [5.41, 5.74) is 2.58. The molecule has 0 heterocycles. The van der Waals surface area contributed by atoms with Gasteiger partial charge in [0.25, 0.3) is 0 Å². The van der Waals surface area contributed by atoms with Crippen molar-refractivity contribution < 1.29 is 4.74 Å². The second kappa shape index (κ2) is 5.87. The van der Waals surface area contributed by atoms with Crippen molar-refractivity contribution in [2.75, 3.05) is 13.2 Å². The maximum atomic E-state index is 5.49. The Morgan fingerprint density at radius 2 is 2.29 bits per heavy atom. The van der Waals surface area contributed by atoms with Crippen LogP contribution in [0.1, 0.15) is 32.3 Å². The van der Waals surface area contributed by atoms with E-state index in [1.54, 1.807) is 0 Å². The van der Waals surface area contributed by atoms with Gasteiger partial charge in [-0.3, -0.25) is 0 Å². The van der Waals surface area contributed by atoms with Crippen LogP contribution >= 0.6 is 0 Å². The fourth-order valence-electron chi connectivity index (χ4n) is 1.79. The Kier molecular flexibility index (Phi) is 4.21. The molecule has 0 bridgehead atoms. The van der Waals surface area contributed by atoms with Crippen LogP contribution in [0.15, 0.2) is 29.8 Å². The number of nitrogens with one attached hydrogen (secondary N) is 1. The van der Waals surface area contributed by atoms with Crippen molar-refractivity contribution in [3.63, 3.8) is 0 Å². The fourth-order valence-corrected chi connectivity index (χ4v) is 1.79. The highest BCUT2D eigenvalue weighted by Crippen LogP contribution is 2.19. The first-order chi connectivity index (χ1) is 8.28. The van der Waals surface area contributed by atoms with E-state index < -0.39 is 0 Å². The third-order valence-corrected chi connectivity index (χ3v) is 2.83. The summed E-state index contributed by atoms with van der Waals surface area (Å²) in [7, 11) is 0. The van der Waals surface area contributed by atoms with Crippen LogP contribution < -0.4 is 10.1 Å². The summed E-state index contributed by atoms with van der Waals surface area (Å²) in [5, 5.41) is 3.52. The van der Waals surface area contributed by atoms with E-state index in [2.05, 4.69) is 30.4 Å². The van der Waals surface area contributed by atoms with Crippen molar-refractivity contribution in [1.82, 2.24) is 5.32 Å². The summed E-state index contributed by atoms with van der Waals surface area (Å²) in [6, 6.07) is 9.01. The molecule has 0 unspecified atom stereocenters. The van der Waals surface area contributed by atoms with E-state index >= 15 is 0 Å². The second-order valence-corrected chi connectivity index (χ2v) is 4.65. The zero-order valence-corrected chi connectivity index (χ0v) is 10.7. The predicted molar refractivity (Wildman–Crippen MR) is 72.3 cm³/mol. The van der Waals surface area contributed by atoms with Gasteiger partial charge in [0.2, 0.25) is 0 Å². The van der Waals surface area contributed by atoms with E-state index in [0.29, 0.717) is 0 Å². The molecule has 1 aliphatic rings. The standard InChI is InChI=1S/C15H21NO/c1-3-17-15-6-4-5-13(10-15)9-12(2)11-16-14-7-8-14/h4-6,9-10,14,16H,3,7-8,11H2,1-2H3. The first-order valence-electron chi connectivity index (χ1n) is 6.41. The molecule has 2 nitrogen and oxygen atoms in total. The van der Waals surface area contributed by atoms with Gasteiger partial charge in [-0.15, -0.1) is 0 Å². The molecule has 92 valence electrons. The zero-order chi connectivity index (χ0) is 12.1. The molecule has 1 saturated carbocycles. The summed E-state index contributed by atoms with van der Waals surface area (Å²) in [6.45, 7) is 5.88. The minimum Gasteiger partial charge on any atom is -0.494 e. The molecule has 0 aliphatic heterocycles. The molecule has 1 aromatic carbocycles. The summed E-state index contributed by atoms with van der Waals surface area (Å²) in [4.78, 5) is 0. The van der Waals surface area contributed by atoms with Gasteiger partial charge in [0.05, 0.1) is 6.61 Å². The van der Waals surface area contributed by atoms with Gasteiger partial charge in [-0.1, -0.05) is 23.8 Å². The first kappa shape index (κ1) is 12.2. The second-order valence-electron chi connectivity index (χ2n) is 4.65. The maximum absolute atomic E-state index is 5.49. The molecule has 1 N–H and O–H groups in total.